The van der Waals surface area contributed by atoms with E-state index in [0.717, 1.165) is 0 Å². The van der Waals surface area contributed by atoms with E-state index >= 15 is 0 Å². The van der Waals surface area contributed by atoms with E-state index in [0.29, 0.717) is 30.2 Å². The number of carbonyl (C=O) groups excluding carboxylic acids is 1. The maximum atomic E-state index is 11.8. The van der Waals surface area contributed by atoms with Crippen LogP contribution in [0.15, 0.2) is 47.1 Å². The Morgan fingerprint density at radius 3 is 2.86 bits per heavy atom. The highest BCUT2D eigenvalue weighted by Gasteiger charge is 2.11. The minimum atomic E-state index is -0.730. The molecule has 6 heteroatoms. The number of methoxy groups -OCH3 is 1. The minimum absolute atomic E-state index is 0.322. The Hall–Kier alpha value is -2.47. The van der Waals surface area contributed by atoms with Crippen molar-refractivity contribution in [3.8, 4) is 5.75 Å². The summed E-state index contributed by atoms with van der Waals surface area (Å²) in [6.07, 6.45) is 1.14. The third-order valence-electron chi connectivity index (χ3n) is 2.93. The fourth-order valence-electron chi connectivity index (χ4n) is 1.86. The largest absolute Gasteiger partial charge is 0.495 e. The Labute approximate surface area is 122 Å². The number of anilines is 1. The average molecular weight is 290 g/mol. The molecule has 2 rings (SSSR count). The highest BCUT2D eigenvalue weighted by Crippen LogP contribution is 2.22. The zero-order chi connectivity index (χ0) is 15.1. The molecule has 21 heavy (non-hydrogen) atoms. The van der Waals surface area contributed by atoms with E-state index in [1.54, 1.807) is 30.3 Å². The van der Waals surface area contributed by atoms with Gasteiger partial charge in [0, 0.05) is 6.54 Å². The Bertz CT molecular complexity index is 569. The number of aliphatic hydroxyl groups excluding tert-OH is 1. The number of hydrogen-bond acceptors (Lipinski definition) is 4. The number of benzene rings is 1. The molecule has 2 amide bonds. The standard InChI is InChI=1S/C15H18N2O4/c1-20-13-6-3-2-5-11(13)17-15(19)16-9-8-12(18)14-7-4-10-21-14/h2-7,10,12,18H,8-9H2,1H3,(H2,16,17,19)/t12-/m1/s1. The number of hydrogen-bond donors (Lipinski definition) is 3. The maximum Gasteiger partial charge on any atom is 0.319 e. The number of ether oxygens (including phenoxy) is 1. The van der Waals surface area contributed by atoms with E-state index in [4.69, 9.17) is 9.15 Å². The second-order valence-corrected chi connectivity index (χ2v) is 4.40. The fraction of sp³-hybridized carbons (Fsp3) is 0.267. The first-order chi connectivity index (χ1) is 10.2. The third kappa shape index (κ3) is 4.25. The van der Waals surface area contributed by atoms with Crippen molar-refractivity contribution in [2.45, 2.75) is 12.5 Å². The van der Waals surface area contributed by atoms with Gasteiger partial charge in [-0.3, -0.25) is 0 Å². The van der Waals surface area contributed by atoms with Gasteiger partial charge in [-0.15, -0.1) is 0 Å². The van der Waals surface area contributed by atoms with E-state index in [1.165, 1.54) is 13.4 Å². The molecule has 2 aromatic rings. The lowest BCUT2D eigenvalue weighted by atomic mass is 10.2. The normalized spacial score (nSPS) is 11.7. The van der Waals surface area contributed by atoms with Gasteiger partial charge in [-0.05, 0) is 30.7 Å². The summed E-state index contributed by atoms with van der Waals surface area (Å²) in [6.45, 7) is 0.322. The van der Waals surface area contributed by atoms with Crippen LogP contribution in [0.25, 0.3) is 0 Å². The van der Waals surface area contributed by atoms with E-state index in [2.05, 4.69) is 10.6 Å². The zero-order valence-electron chi connectivity index (χ0n) is 11.7. The first-order valence-electron chi connectivity index (χ1n) is 6.60. The van der Waals surface area contributed by atoms with Gasteiger partial charge >= 0.3 is 6.03 Å². The summed E-state index contributed by atoms with van der Waals surface area (Å²) in [6, 6.07) is 10.2. The third-order valence-corrected chi connectivity index (χ3v) is 2.93. The molecule has 0 saturated heterocycles. The first kappa shape index (κ1) is 14.9. The van der Waals surface area contributed by atoms with Crippen LogP contribution in [-0.2, 0) is 0 Å². The molecule has 112 valence electrons. The minimum Gasteiger partial charge on any atom is -0.495 e. The molecule has 1 aromatic heterocycles. The quantitative estimate of drug-likeness (QED) is 0.763. The molecule has 0 aliphatic carbocycles. The van der Waals surface area contributed by atoms with Gasteiger partial charge in [-0.2, -0.15) is 0 Å². The van der Waals surface area contributed by atoms with Crippen LogP contribution in [0.5, 0.6) is 5.75 Å². The van der Waals surface area contributed by atoms with Gasteiger partial charge in [-0.25, -0.2) is 4.79 Å². The molecule has 0 aliphatic rings. The van der Waals surface area contributed by atoms with Crippen LogP contribution in [0.2, 0.25) is 0 Å². The summed E-state index contributed by atoms with van der Waals surface area (Å²) in [5, 5.41) is 15.2. The SMILES string of the molecule is COc1ccccc1NC(=O)NCC[C@@H](O)c1ccco1. The monoisotopic (exact) mass is 290 g/mol. The number of urea groups is 1. The van der Waals surface area contributed by atoms with E-state index in [9.17, 15) is 9.90 Å². The van der Waals surface area contributed by atoms with Gasteiger partial charge in [0.2, 0.25) is 0 Å². The van der Waals surface area contributed by atoms with Crippen LogP contribution in [-0.4, -0.2) is 24.8 Å². The molecule has 0 aliphatic heterocycles. The van der Waals surface area contributed by atoms with Gasteiger partial charge in [-0.1, -0.05) is 12.1 Å². The Morgan fingerprint density at radius 1 is 1.33 bits per heavy atom. The van der Waals surface area contributed by atoms with E-state index in [-0.39, 0.29) is 6.03 Å². The predicted molar refractivity (Wildman–Crippen MR) is 78.3 cm³/mol. The summed E-state index contributed by atoms with van der Waals surface area (Å²) in [5.41, 5.74) is 0.587. The van der Waals surface area contributed by atoms with Crippen molar-refractivity contribution in [3.63, 3.8) is 0 Å². The molecule has 0 radical (unpaired) electrons. The summed E-state index contributed by atoms with van der Waals surface area (Å²) in [5.74, 6) is 1.07. The molecule has 1 heterocycles. The van der Waals surface area contributed by atoms with Crippen LogP contribution >= 0.6 is 0 Å². The van der Waals surface area contributed by atoms with Crippen molar-refractivity contribution >= 4 is 11.7 Å². The summed E-state index contributed by atoms with van der Waals surface area (Å²) >= 11 is 0. The Balaban J connectivity index is 1.77. The van der Waals surface area contributed by atoms with Crippen molar-refractivity contribution in [2.75, 3.05) is 19.0 Å². The van der Waals surface area contributed by atoms with Crippen LogP contribution in [0.3, 0.4) is 0 Å². The van der Waals surface area contributed by atoms with Crippen molar-refractivity contribution in [1.29, 1.82) is 0 Å². The number of carbonyl (C=O) groups is 1. The average Bonchev–Trinajstić information content (AvgIpc) is 3.02. The van der Waals surface area contributed by atoms with E-state index in [1.807, 2.05) is 6.07 Å². The summed E-state index contributed by atoms with van der Waals surface area (Å²) < 4.78 is 10.2. The summed E-state index contributed by atoms with van der Waals surface area (Å²) in [7, 11) is 1.54. The molecular formula is C15H18N2O4. The highest BCUT2D eigenvalue weighted by atomic mass is 16.5. The Kier molecular flexibility index (Phi) is 5.22. The van der Waals surface area contributed by atoms with Crippen LogP contribution in [0.1, 0.15) is 18.3 Å². The number of amides is 2. The first-order valence-corrected chi connectivity index (χ1v) is 6.60. The number of rotatable bonds is 6. The lowest BCUT2D eigenvalue weighted by Crippen LogP contribution is -2.30. The summed E-state index contributed by atoms with van der Waals surface area (Å²) in [4.78, 5) is 11.8. The van der Waals surface area contributed by atoms with Gasteiger partial charge in [0.25, 0.3) is 0 Å². The fourth-order valence-corrected chi connectivity index (χ4v) is 1.86. The predicted octanol–water partition coefficient (Wildman–Crippen LogP) is 2.53. The van der Waals surface area contributed by atoms with Crippen molar-refractivity contribution < 1.29 is 19.1 Å². The smallest absolute Gasteiger partial charge is 0.319 e. The van der Waals surface area contributed by atoms with Gasteiger partial charge < -0.3 is 24.9 Å². The molecule has 0 spiro atoms. The second kappa shape index (κ2) is 7.35. The molecule has 6 nitrogen and oxygen atoms in total. The van der Waals surface area contributed by atoms with Crippen LogP contribution in [0.4, 0.5) is 10.5 Å². The topological polar surface area (TPSA) is 83.7 Å². The maximum absolute atomic E-state index is 11.8. The van der Waals surface area contributed by atoms with Crippen LogP contribution in [0, 0.1) is 0 Å². The Morgan fingerprint density at radius 2 is 2.14 bits per heavy atom. The number of aliphatic hydroxyl groups is 1. The lowest BCUT2D eigenvalue weighted by molar-refractivity contribution is 0.140. The molecule has 0 fully saturated rings. The number of furan rings is 1. The molecule has 1 atom stereocenters. The van der Waals surface area contributed by atoms with Gasteiger partial charge in [0.1, 0.15) is 17.6 Å². The highest BCUT2D eigenvalue weighted by molar-refractivity contribution is 5.90. The number of nitrogens with one attached hydrogen (secondary N) is 2. The second-order valence-electron chi connectivity index (χ2n) is 4.40. The van der Waals surface area contributed by atoms with Crippen molar-refractivity contribution in [1.82, 2.24) is 5.32 Å². The molecule has 3 N–H and O–H groups in total. The van der Waals surface area contributed by atoms with Gasteiger partial charge in [0.15, 0.2) is 0 Å². The number of para-hydroxylation sites is 2. The molecule has 0 bridgehead atoms. The van der Waals surface area contributed by atoms with Crippen molar-refractivity contribution in [2.24, 2.45) is 0 Å². The van der Waals surface area contributed by atoms with Crippen molar-refractivity contribution in [3.05, 3.63) is 48.4 Å². The zero-order valence-corrected chi connectivity index (χ0v) is 11.7. The molecular weight excluding hydrogens is 272 g/mol. The lowest BCUT2D eigenvalue weighted by Gasteiger charge is -2.12. The van der Waals surface area contributed by atoms with Gasteiger partial charge in [0.05, 0.1) is 19.1 Å². The van der Waals surface area contributed by atoms with E-state index < -0.39 is 6.10 Å². The molecule has 0 unspecified atom stereocenters. The van der Waals surface area contributed by atoms with Crippen LogP contribution < -0.4 is 15.4 Å². The molecule has 1 aromatic carbocycles. The molecule has 0 saturated carbocycles.